The van der Waals surface area contributed by atoms with E-state index in [2.05, 4.69) is 35.2 Å². The summed E-state index contributed by atoms with van der Waals surface area (Å²) in [5.41, 5.74) is 0.583. The van der Waals surface area contributed by atoms with Gasteiger partial charge in [-0.05, 0) is 30.0 Å². The summed E-state index contributed by atoms with van der Waals surface area (Å²) in [7, 11) is 0.636. The minimum absolute atomic E-state index is 0.0181. The molecule has 9 heteroatoms. The molecule has 0 saturated carbocycles. The number of nitrogens with zero attached hydrogens (tertiary/aromatic N) is 1. The molecule has 0 spiro atoms. The molecule has 0 radical (unpaired) electrons. The number of aliphatic imine (C=N–C) groups is 1. The molecule has 1 aromatic heterocycles. The molecule has 3 rings (SSSR count). The van der Waals surface area contributed by atoms with Crippen molar-refractivity contribution in [2.75, 3.05) is 27.2 Å². The van der Waals surface area contributed by atoms with Gasteiger partial charge in [-0.25, -0.2) is 8.42 Å². The zero-order valence-corrected chi connectivity index (χ0v) is 17.6. The fourth-order valence-corrected chi connectivity index (χ4v) is 5.27. The van der Waals surface area contributed by atoms with Crippen LogP contribution >= 0.6 is 11.3 Å². The van der Waals surface area contributed by atoms with Crippen LogP contribution in [-0.2, 0) is 14.8 Å². The van der Waals surface area contributed by atoms with E-state index >= 15 is 0 Å². The molecule has 1 amide bonds. The molecule has 28 heavy (non-hydrogen) atoms. The second kappa shape index (κ2) is 8.85. The van der Waals surface area contributed by atoms with E-state index in [1.807, 2.05) is 11.4 Å². The maximum atomic E-state index is 12.2. The number of carbonyl (C=O) groups excluding carboxylic acids is 1. The van der Waals surface area contributed by atoms with E-state index in [9.17, 15) is 13.2 Å². The SMILES string of the molecule is C[NH+](C)[C@H](CNC(=O)CCCN=C1NS(=O)(=O)c2ccccc21)c1cccs1. The number of amides is 1. The van der Waals surface area contributed by atoms with Gasteiger partial charge < -0.3 is 10.2 Å². The number of nitrogens with one attached hydrogen (secondary N) is 3. The largest absolute Gasteiger partial charge is 0.350 e. The van der Waals surface area contributed by atoms with E-state index in [4.69, 9.17) is 0 Å². The predicted molar refractivity (Wildman–Crippen MR) is 110 cm³/mol. The summed E-state index contributed by atoms with van der Waals surface area (Å²) in [4.78, 5) is 19.3. The number of likely N-dealkylation sites (N-methyl/N-ethyl adjacent to an activating group) is 1. The lowest BCUT2D eigenvalue weighted by atomic mass is 10.2. The predicted octanol–water partition coefficient (Wildman–Crippen LogP) is 0.569. The molecule has 0 aliphatic carbocycles. The van der Waals surface area contributed by atoms with Gasteiger partial charge in [-0.15, -0.1) is 11.3 Å². The van der Waals surface area contributed by atoms with E-state index in [1.54, 1.807) is 35.6 Å². The normalized spacial score (nSPS) is 17.3. The fourth-order valence-electron chi connectivity index (χ4n) is 3.06. The van der Waals surface area contributed by atoms with Gasteiger partial charge in [0.15, 0.2) is 0 Å². The van der Waals surface area contributed by atoms with Crippen molar-refractivity contribution >= 4 is 33.1 Å². The van der Waals surface area contributed by atoms with Gasteiger partial charge >= 0.3 is 0 Å². The molecule has 7 nitrogen and oxygen atoms in total. The van der Waals surface area contributed by atoms with E-state index in [1.165, 1.54) is 9.78 Å². The summed E-state index contributed by atoms with van der Waals surface area (Å²) < 4.78 is 26.6. The van der Waals surface area contributed by atoms with Gasteiger partial charge in [-0.3, -0.25) is 14.5 Å². The third-order valence-corrected chi connectivity index (χ3v) is 6.96. The molecule has 1 aromatic carbocycles. The Morgan fingerprint density at radius 2 is 2.04 bits per heavy atom. The van der Waals surface area contributed by atoms with Crippen LogP contribution in [0.15, 0.2) is 51.7 Å². The van der Waals surface area contributed by atoms with E-state index in [0.29, 0.717) is 37.3 Å². The van der Waals surface area contributed by atoms with Gasteiger partial charge in [0, 0.05) is 18.5 Å². The topological polar surface area (TPSA) is 92.1 Å². The van der Waals surface area contributed by atoms with Crippen molar-refractivity contribution in [1.29, 1.82) is 0 Å². The molecule has 150 valence electrons. The summed E-state index contributed by atoms with van der Waals surface area (Å²) in [6.07, 6.45) is 0.906. The maximum absolute atomic E-state index is 12.2. The quantitative estimate of drug-likeness (QED) is 0.544. The number of benzene rings is 1. The Hall–Kier alpha value is -2.23. The Morgan fingerprint density at radius 1 is 1.25 bits per heavy atom. The smallest absolute Gasteiger partial charge is 0.263 e. The first-order valence-corrected chi connectivity index (χ1v) is 11.5. The molecular weight excluding hydrogens is 396 g/mol. The summed E-state index contributed by atoms with van der Waals surface area (Å²) >= 11 is 1.69. The highest BCUT2D eigenvalue weighted by Gasteiger charge is 2.29. The van der Waals surface area contributed by atoms with Gasteiger partial charge in [0.25, 0.3) is 10.0 Å². The lowest BCUT2D eigenvalue weighted by Gasteiger charge is -2.20. The summed E-state index contributed by atoms with van der Waals surface area (Å²) in [5, 5.41) is 5.04. The van der Waals surface area contributed by atoms with E-state index < -0.39 is 10.0 Å². The van der Waals surface area contributed by atoms with Crippen molar-refractivity contribution in [2.45, 2.75) is 23.8 Å². The third-order valence-electron chi connectivity index (χ3n) is 4.58. The standard InChI is InChI=1S/C19H24N4O3S2/c1-23(2)15(16-8-6-12-27-16)13-21-18(24)10-5-11-20-19-14-7-3-4-9-17(14)28(25,26)22-19/h3-4,6-9,12,15H,5,10-11,13H2,1-2H3,(H,20,22)(H,21,24)/p+1/t15-/m1/s1. The number of hydrogen-bond donors (Lipinski definition) is 3. The molecule has 0 saturated heterocycles. The number of thiophene rings is 1. The minimum atomic E-state index is -3.52. The van der Waals surface area contributed by atoms with E-state index in [0.717, 1.165) is 0 Å². The molecule has 2 aromatic rings. The third kappa shape index (κ3) is 4.78. The highest BCUT2D eigenvalue weighted by atomic mass is 32.2. The first kappa shape index (κ1) is 20.5. The number of amidine groups is 1. The summed E-state index contributed by atoms with van der Waals surface area (Å²) in [6, 6.07) is 11.1. The van der Waals surface area contributed by atoms with Crippen molar-refractivity contribution < 1.29 is 18.1 Å². The van der Waals surface area contributed by atoms with E-state index in [-0.39, 0.29) is 16.8 Å². The molecule has 0 bridgehead atoms. The average Bonchev–Trinajstić information content (AvgIpc) is 3.26. The zero-order valence-electron chi connectivity index (χ0n) is 15.9. The van der Waals surface area contributed by atoms with Gasteiger partial charge in [0.2, 0.25) is 5.91 Å². The molecule has 1 aliphatic rings. The van der Waals surface area contributed by atoms with Gasteiger partial charge in [0.05, 0.1) is 30.4 Å². The van der Waals surface area contributed by atoms with Gasteiger partial charge in [-0.2, -0.15) is 0 Å². The van der Waals surface area contributed by atoms with Crippen LogP contribution in [0.2, 0.25) is 0 Å². The van der Waals surface area contributed by atoms with Gasteiger partial charge in [-0.1, -0.05) is 18.2 Å². The first-order chi connectivity index (χ1) is 13.4. The van der Waals surface area contributed by atoms with Crippen LogP contribution in [0, 0.1) is 0 Å². The molecule has 1 atom stereocenters. The number of hydrogen-bond acceptors (Lipinski definition) is 5. The summed E-state index contributed by atoms with van der Waals surface area (Å²) in [6.45, 7) is 0.969. The zero-order chi connectivity index (χ0) is 20.1. The number of quaternary nitrogens is 1. The number of rotatable bonds is 8. The Kier molecular flexibility index (Phi) is 6.48. The molecule has 3 N–H and O–H groups in total. The van der Waals surface area contributed by atoms with Crippen LogP contribution in [0.1, 0.15) is 29.3 Å². The monoisotopic (exact) mass is 421 g/mol. The van der Waals surface area contributed by atoms with Crippen molar-refractivity contribution in [3.8, 4) is 0 Å². The van der Waals surface area contributed by atoms with Crippen molar-refractivity contribution in [3.63, 3.8) is 0 Å². The fraction of sp³-hybridized carbons (Fsp3) is 0.368. The minimum Gasteiger partial charge on any atom is -0.350 e. The Morgan fingerprint density at radius 3 is 2.75 bits per heavy atom. The molecule has 0 fully saturated rings. The van der Waals surface area contributed by atoms with Crippen LogP contribution in [0.25, 0.3) is 0 Å². The van der Waals surface area contributed by atoms with Crippen LogP contribution in [0.4, 0.5) is 0 Å². The maximum Gasteiger partial charge on any atom is 0.263 e. The molecule has 2 heterocycles. The van der Waals surface area contributed by atoms with Crippen molar-refractivity contribution in [1.82, 2.24) is 10.0 Å². The Labute approximate surface area is 169 Å². The lowest BCUT2D eigenvalue weighted by molar-refractivity contribution is -0.890. The molecule has 1 aliphatic heterocycles. The van der Waals surface area contributed by atoms with Crippen LogP contribution in [0.5, 0.6) is 0 Å². The van der Waals surface area contributed by atoms with Crippen LogP contribution in [0.3, 0.4) is 0 Å². The number of carbonyl (C=O) groups is 1. The van der Waals surface area contributed by atoms with Gasteiger partial charge in [0.1, 0.15) is 11.9 Å². The number of fused-ring (bicyclic) bond motifs is 1. The first-order valence-electron chi connectivity index (χ1n) is 9.15. The number of sulfonamides is 1. The second-order valence-electron chi connectivity index (χ2n) is 6.88. The van der Waals surface area contributed by atoms with Crippen LogP contribution in [-0.4, -0.2) is 47.3 Å². The van der Waals surface area contributed by atoms with Crippen molar-refractivity contribution in [2.24, 2.45) is 4.99 Å². The summed E-state index contributed by atoms with van der Waals surface area (Å²) in [5.74, 6) is 0.334. The van der Waals surface area contributed by atoms with Crippen LogP contribution < -0.4 is 14.9 Å². The average molecular weight is 422 g/mol. The lowest BCUT2D eigenvalue weighted by Crippen LogP contribution is -3.06. The molecular formula is C19H25N4O3S2+. The Balaban J connectivity index is 1.48. The molecule has 0 unspecified atom stereocenters. The second-order valence-corrected chi connectivity index (χ2v) is 9.52. The Bertz CT molecular complexity index is 953. The van der Waals surface area contributed by atoms with Crippen molar-refractivity contribution in [3.05, 3.63) is 52.2 Å². The highest BCUT2D eigenvalue weighted by molar-refractivity contribution is 7.90. The highest BCUT2D eigenvalue weighted by Crippen LogP contribution is 2.22.